The molecule has 2 unspecified atom stereocenters. The molecule has 4 rings (SSSR count). The van der Waals surface area contributed by atoms with Crippen LogP contribution in [0, 0.1) is 6.92 Å². The van der Waals surface area contributed by atoms with Crippen molar-refractivity contribution in [1.82, 2.24) is 0 Å². The van der Waals surface area contributed by atoms with E-state index in [0.717, 1.165) is 30.2 Å². The van der Waals surface area contributed by atoms with Crippen LogP contribution in [0.4, 0.5) is 0 Å². The molecule has 0 bridgehead atoms. The first-order chi connectivity index (χ1) is 10.7. The van der Waals surface area contributed by atoms with Crippen LogP contribution >= 0.6 is 23.1 Å². The Hall–Kier alpha value is -1.26. The van der Waals surface area contributed by atoms with Crippen molar-refractivity contribution >= 4 is 28.3 Å². The van der Waals surface area contributed by atoms with Crippen LogP contribution in [0.15, 0.2) is 41.4 Å². The number of amidine groups is 1. The summed E-state index contributed by atoms with van der Waals surface area (Å²) in [4.78, 5) is 7.88. The summed E-state index contributed by atoms with van der Waals surface area (Å²) in [5.74, 6) is 1.62. The van der Waals surface area contributed by atoms with Gasteiger partial charge in [-0.3, -0.25) is 4.99 Å². The zero-order chi connectivity index (χ0) is 15.2. The average Bonchev–Trinajstić information content (AvgIpc) is 2.89. The molecule has 4 heteroatoms. The first-order valence-corrected chi connectivity index (χ1v) is 9.59. The molecule has 0 amide bonds. The SMILES string of the molecule is Cc1cc2c(s1)CC(c1ccccc1)CC21CCSC(N)=N1. The van der Waals surface area contributed by atoms with Gasteiger partial charge in [0.05, 0.1) is 5.54 Å². The highest BCUT2D eigenvalue weighted by atomic mass is 32.2. The summed E-state index contributed by atoms with van der Waals surface area (Å²) in [5.41, 5.74) is 8.90. The van der Waals surface area contributed by atoms with Gasteiger partial charge in [0.15, 0.2) is 5.17 Å². The van der Waals surface area contributed by atoms with Gasteiger partial charge in [0, 0.05) is 15.5 Å². The van der Waals surface area contributed by atoms with E-state index >= 15 is 0 Å². The first-order valence-electron chi connectivity index (χ1n) is 7.79. The molecule has 2 nitrogen and oxygen atoms in total. The summed E-state index contributed by atoms with van der Waals surface area (Å²) in [5, 5.41) is 0.759. The molecule has 1 aliphatic heterocycles. The lowest BCUT2D eigenvalue weighted by Gasteiger charge is -2.40. The Morgan fingerprint density at radius 3 is 2.86 bits per heavy atom. The summed E-state index contributed by atoms with van der Waals surface area (Å²) < 4.78 is 0. The lowest BCUT2D eigenvalue weighted by molar-refractivity contribution is 0.338. The second kappa shape index (κ2) is 5.43. The number of benzene rings is 1. The van der Waals surface area contributed by atoms with Gasteiger partial charge in [-0.25, -0.2) is 0 Å². The van der Waals surface area contributed by atoms with Gasteiger partial charge in [0.1, 0.15) is 0 Å². The molecule has 1 aromatic carbocycles. The number of hydrogen-bond donors (Lipinski definition) is 1. The second-order valence-electron chi connectivity index (χ2n) is 6.29. The Balaban J connectivity index is 1.82. The van der Waals surface area contributed by atoms with Crippen LogP contribution in [0.1, 0.15) is 39.6 Å². The Morgan fingerprint density at radius 1 is 1.27 bits per heavy atom. The molecule has 2 N–H and O–H groups in total. The number of nitrogens with two attached hydrogens (primary N) is 1. The van der Waals surface area contributed by atoms with E-state index in [0.29, 0.717) is 5.92 Å². The van der Waals surface area contributed by atoms with E-state index in [-0.39, 0.29) is 5.54 Å². The summed E-state index contributed by atoms with van der Waals surface area (Å²) in [7, 11) is 0. The van der Waals surface area contributed by atoms with Gasteiger partial charge in [-0.1, -0.05) is 42.1 Å². The van der Waals surface area contributed by atoms with E-state index in [1.54, 1.807) is 11.8 Å². The van der Waals surface area contributed by atoms with Crippen LogP contribution in [0.3, 0.4) is 0 Å². The minimum absolute atomic E-state index is 0.0891. The van der Waals surface area contributed by atoms with Gasteiger partial charge in [-0.05, 0) is 49.3 Å². The Kier molecular flexibility index (Phi) is 3.54. The highest BCUT2D eigenvalue weighted by Gasteiger charge is 2.43. The van der Waals surface area contributed by atoms with Crippen molar-refractivity contribution in [3.63, 3.8) is 0 Å². The fourth-order valence-corrected chi connectivity index (χ4v) is 5.95. The quantitative estimate of drug-likeness (QED) is 0.841. The predicted molar refractivity (Wildman–Crippen MR) is 96.9 cm³/mol. The third kappa shape index (κ3) is 2.38. The van der Waals surface area contributed by atoms with Crippen molar-refractivity contribution in [3.8, 4) is 0 Å². The molecule has 0 fully saturated rings. The van der Waals surface area contributed by atoms with Crippen LogP contribution < -0.4 is 5.73 Å². The third-order valence-corrected chi connectivity index (χ3v) is 6.68. The molecule has 114 valence electrons. The van der Waals surface area contributed by atoms with Gasteiger partial charge in [0.2, 0.25) is 0 Å². The summed E-state index contributed by atoms with van der Waals surface area (Å²) in [6.45, 7) is 2.21. The van der Waals surface area contributed by atoms with E-state index in [1.807, 2.05) is 11.3 Å². The monoisotopic (exact) mass is 328 g/mol. The van der Waals surface area contributed by atoms with E-state index in [9.17, 15) is 0 Å². The lowest BCUT2D eigenvalue weighted by atomic mass is 9.71. The lowest BCUT2D eigenvalue weighted by Crippen LogP contribution is -2.36. The number of rotatable bonds is 1. The summed E-state index contributed by atoms with van der Waals surface area (Å²) in [6.07, 6.45) is 3.33. The molecule has 0 radical (unpaired) electrons. The molecule has 2 aliphatic rings. The van der Waals surface area contributed by atoms with Crippen molar-refractivity contribution in [2.24, 2.45) is 10.7 Å². The smallest absolute Gasteiger partial charge is 0.154 e. The highest BCUT2D eigenvalue weighted by molar-refractivity contribution is 8.13. The topological polar surface area (TPSA) is 38.4 Å². The highest BCUT2D eigenvalue weighted by Crippen LogP contribution is 2.51. The number of nitrogens with zero attached hydrogens (tertiary/aromatic N) is 1. The molecule has 22 heavy (non-hydrogen) atoms. The van der Waals surface area contributed by atoms with Crippen LogP contribution in [-0.2, 0) is 12.0 Å². The third-order valence-electron chi connectivity index (χ3n) is 4.81. The predicted octanol–water partition coefficient (Wildman–Crippen LogP) is 4.43. The summed E-state index contributed by atoms with van der Waals surface area (Å²) >= 11 is 3.64. The Labute approximate surface area is 139 Å². The average molecular weight is 329 g/mol. The molecule has 2 aromatic rings. The fraction of sp³-hybridized carbons (Fsp3) is 0.389. The Morgan fingerprint density at radius 2 is 2.09 bits per heavy atom. The Bertz CT molecular complexity index is 720. The van der Waals surface area contributed by atoms with Crippen molar-refractivity contribution in [2.75, 3.05) is 5.75 Å². The molecule has 1 spiro atoms. The van der Waals surface area contributed by atoms with Crippen molar-refractivity contribution in [1.29, 1.82) is 0 Å². The minimum Gasteiger partial charge on any atom is -0.379 e. The molecule has 2 atom stereocenters. The van der Waals surface area contributed by atoms with Crippen LogP contribution in [0.5, 0.6) is 0 Å². The van der Waals surface area contributed by atoms with E-state index in [4.69, 9.17) is 10.7 Å². The van der Waals surface area contributed by atoms with E-state index in [1.165, 1.54) is 20.9 Å². The maximum Gasteiger partial charge on any atom is 0.154 e. The van der Waals surface area contributed by atoms with Gasteiger partial charge >= 0.3 is 0 Å². The summed E-state index contributed by atoms with van der Waals surface area (Å²) in [6, 6.07) is 13.3. The maximum absolute atomic E-state index is 6.10. The first kappa shape index (κ1) is 14.3. The maximum atomic E-state index is 6.10. The number of thiophene rings is 1. The zero-order valence-corrected chi connectivity index (χ0v) is 14.3. The van der Waals surface area contributed by atoms with E-state index in [2.05, 4.69) is 43.3 Å². The van der Waals surface area contributed by atoms with Gasteiger partial charge in [-0.2, -0.15) is 0 Å². The number of thioether (sulfide) groups is 1. The van der Waals surface area contributed by atoms with Gasteiger partial charge in [0.25, 0.3) is 0 Å². The zero-order valence-electron chi connectivity index (χ0n) is 12.7. The van der Waals surface area contributed by atoms with Crippen molar-refractivity contribution in [3.05, 3.63) is 57.3 Å². The number of fused-ring (bicyclic) bond motifs is 2. The van der Waals surface area contributed by atoms with Crippen molar-refractivity contribution in [2.45, 2.75) is 37.6 Å². The molecule has 0 saturated carbocycles. The number of aliphatic imine (C=N–C) groups is 1. The molecule has 1 aliphatic carbocycles. The van der Waals surface area contributed by atoms with E-state index < -0.39 is 0 Å². The minimum atomic E-state index is -0.0891. The largest absolute Gasteiger partial charge is 0.379 e. The standard InChI is InChI=1S/C18H20N2S2/c1-12-9-15-16(22-12)10-14(13-5-3-2-4-6-13)11-18(15)7-8-21-17(19)20-18/h2-6,9,14H,7-8,10-11H2,1H3,(H2,19,20). The van der Waals surface area contributed by atoms with Crippen molar-refractivity contribution < 1.29 is 0 Å². The molecule has 2 heterocycles. The fourth-order valence-electron chi connectivity index (χ4n) is 3.85. The van der Waals surface area contributed by atoms with Crippen LogP contribution in [0.25, 0.3) is 0 Å². The van der Waals surface area contributed by atoms with Gasteiger partial charge in [-0.15, -0.1) is 11.3 Å². The molecule has 1 aromatic heterocycles. The number of hydrogen-bond acceptors (Lipinski definition) is 4. The normalized spacial score (nSPS) is 27.5. The van der Waals surface area contributed by atoms with Gasteiger partial charge < -0.3 is 5.73 Å². The molecular formula is C18H20N2S2. The molecule has 0 saturated heterocycles. The van der Waals surface area contributed by atoms with Crippen LogP contribution in [-0.4, -0.2) is 10.9 Å². The molecular weight excluding hydrogens is 308 g/mol. The van der Waals surface area contributed by atoms with Crippen LogP contribution in [0.2, 0.25) is 0 Å². The second-order valence-corrected chi connectivity index (χ2v) is 8.75. The number of aryl methyl sites for hydroxylation is 1.